The van der Waals surface area contributed by atoms with Gasteiger partial charge in [-0.2, -0.15) is 0 Å². The van der Waals surface area contributed by atoms with E-state index in [0.29, 0.717) is 10.8 Å². The third kappa shape index (κ3) is 1.93. The number of thiophene rings is 3. The van der Waals surface area contributed by atoms with Crippen LogP contribution in [0.2, 0.25) is 0 Å². The summed E-state index contributed by atoms with van der Waals surface area (Å²) in [6.45, 7) is 0. The minimum absolute atomic E-state index is 0.257. The van der Waals surface area contributed by atoms with Crippen LogP contribution in [-0.4, -0.2) is 10.2 Å². The second kappa shape index (κ2) is 4.80. The SMILES string of the molecule is O=c1[nH][nH]c(=O)c2c(-c3cccs3)sc(-c3cccs3)c12. The van der Waals surface area contributed by atoms with Crippen LogP contribution in [0.4, 0.5) is 0 Å². The summed E-state index contributed by atoms with van der Waals surface area (Å²) >= 11 is 4.63. The van der Waals surface area contributed by atoms with Crippen LogP contribution in [0.15, 0.2) is 44.6 Å². The second-order valence-corrected chi connectivity index (χ2v) is 7.29. The molecule has 0 aliphatic carbocycles. The van der Waals surface area contributed by atoms with Gasteiger partial charge in [0.05, 0.1) is 20.5 Å². The molecule has 4 aromatic heterocycles. The maximum Gasteiger partial charge on any atom is 0.272 e. The summed E-state index contributed by atoms with van der Waals surface area (Å²) < 4.78 is 0. The number of hydrogen-bond donors (Lipinski definition) is 2. The van der Waals surface area contributed by atoms with Crippen LogP contribution in [0.25, 0.3) is 30.3 Å². The number of nitrogens with one attached hydrogen (secondary N) is 2. The lowest BCUT2D eigenvalue weighted by atomic mass is 10.2. The van der Waals surface area contributed by atoms with Crippen molar-refractivity contribution in [3.8, 4) is 19.5 Å². The molecule has 0 bridgehead atoms. The van der Waals surface area contributed by atoms with Gasteiger partial charge in [-0.05, 0) is 22.9 Å². The molecule has 0 saturated carbocycles. The fraction of sp³-hybridized carbons (Fsp3) is 0. The number of aromatic nitrogens is 2. The Hall–Kier alpha value is -1.96. The molecule has 0 fully saturated rings. The van der Waals surface area contributed by atoms with Crippen molar-refractivity contribution in [3.63, 3.8) is 0 Å². The lowest BCUT2D eigenvalue weighted by Gasteiger charge is -1.93. The Bertz CT molecular complexity index is 938. The van der Waals surface area contributed by atoms with Gasteiger partial charge in [0.2, 0.25) is 0 Å². The quantitative estimate of drug-likeness (QED) is 0.587. The Morgan fingerprint density at radius 3 is 1.62 bits per heavy atom. The summed E-state index contributed by atoms with van der Waals surface area (Å²) in [6.07, 6.45) is 0. The number of H-pyrrole nitrogens is 2. The highest BCUT2D eigenvalue weighted by atomic mass is 32.1. The Morgan fingerprint density at radius 1 is 0.762 bits per heavy atom. The summed E-state index contributed by atoms with van der Waals surface area (Å²) in [5, 5.41) is 9.74. The molecule has 0 radical (unpaired) electrons. The van der Waals surface area contributed by atoms with Gasteiger partial charge in [0.15, 0.2) is 0 Å². The van der Waals surface area contributed by atoms with Crippen molar-refractivity contribution < 1.29 is 0 Å². The number of aromatic amines is 2. The van der Waals surface area contributed by atoms with Gasteiger partial charge in [0, 0.05) is 9.75 Å². The van der Waals surface area contributed by atoms with Crippen LogP contribution in [0.5, 0.6) is 0 Å². The molecule has 0 amide bonds. The average Bonchev–Trinajstić information content (AvgIpc) is 3.21. The van der Waals surface area contributed by atoms with Crippen molar-refractivity contribution in [2.45, 2.75) is 0 Å². The van der Waals surface area contributed by atoms with E-state index in [4.69, 9.17) is 0 Å². The van der Waals surface area contributed by atoms with Crippen LogP contribution >= 0.6 is 34.0 Å². The third-order valence-corrected chi connectivity index (χ3v) is 6.43. The molecule has 4 rings (SSSR count). The number of hydrogen-bond acceptors (Lipinski definition) is 5. The molecule has 0 aromatic carbocycles. The Kier molecular flexibility index (Phi) is 2.91. The molecule has 0 spiro atoms. The first-order valence-electron chi connectivity index (χ1n) is 6.11. The van der Waals surface area contributed by atoms with E-state index in [0.717, 1.165) is 19.5 Å². The van der Waals surface area contributed by atoms with E-state index >= 15 is 0 Å². The fourth-order valence-electron chi connectivity index (χ4n) is 2.27. The van der Waals surface area contributed by atoms with E-state index in [9.17, 15) is 9.59 Å². The summed E-state index contributed by atoms with van der Waals surface area (Å²) in [5.41, 5.74) is -0.515. The molecule has 0 aliphatic rings. The predicted octanol–water partition coefficient (Wildman–Crippen LogP) is 3.73. The molecule has 0 atom stereocenters. The molecular formula is C14H8N2O2S3. The molecule has 0 saturated heterocycles. The van der Waals surface area contributed by atoms with E-state index < -0.39 is 0 Å². The number of rotatable bonds is 2. The van der Waals surface area contributed by atoms with Crippen LogP contribution in [-0.2, 0) is 0 Å². The van der Waals surface area contributed by atoms with E-state index in [2.05, 4.69) is 10.2 Å². The van der Waals surface area contributed by atoms with Gasteiger partial charge >= 0.3 is 0 Å². The minimum Gasteiger partial charge on any atom is -0.267 e. The Balaban J connectivity index is 2.20. The summed E-state index contributed by atoms with van der Waals surface area (Å²) in [4.78, 5) is 28.2. The molecule has 4 heterocycles. The third-order valence-electron chi connectivity index (χ3n) is 3.14. The van der Waals surface area contributed by atoms with Gasteiger partial charge in [0.25, 0.3) is 11.1 Å². The van der Waals surface area contributed by atoms with Crippen LogP contribution in [0, 0.1) is 0 Å². The first-order chi connectivity index (χ1) is 10.3. The van der Waals surface area contributed by atoms with Crippen molar-refractivity contribution in [1.29, 1.82) is 0 Å². The highest BCUT2D eigenvalue weighted by molar-refractivity contribution is 7.27. The summed E-state index contributed by atoms with van der Waals surface area (Å²) in [7, 11) is 0. The second-order valence-electron chi connectivity index (χ2n) is 4.37. The molecule has 4 aromatic rings. The van der Waals surface area contributed by atoms with Crippen molar-refractivity contribution in [3.05, 3.63) is 55.7 Å². The summed E-state index contributed by atoms with van der Waals surface area (Å²) in [5.74, 6) is 0. The molecule has 104 valence electrons. The molecule has 2 N–H and O–H groups in total. The maximum absolute atomic E-state index is 12.2. The molecular weight excluding hydrogens is 324 g/mol. The normalized spacial score (nSPS) is 11.2. The Labute approximate surface area is 130 Å². The summed E-state index contributed by atoms with van der Waals surface area (Å²) in [6, 6.07) is 7.82. The zero-order chi connectivity index (χ0) is 14.4. The van der Waals surface area contributed by atoms with Crippen molar-refractivity contribution >= 4 is 44.8 Å². The van der Waals surface area contributed by atoms with Gasteiger partial charge in [-0.3, -0.25) is 19.8 Å². The van der Waals surface area contributed by atoms with Gasteiger partial charge in [-0.15, -0.1) is 34.0 Å². The topological polar surface area (TPSA) is 65.7 Å². The first kappa shape index (κ1) is 12.8. The lowest BCUT2D eigenvalue weighted by molar-refractivity contribution is 0.978. The van der Waals surface area contributed by atoms with Crippen molar-refractivity contribution in [2.75, 3.05) is 0 Å². The maximum atomic E-state index is 12.2. The van der Waals surface area contributed by atoms with E-state index in [-0.39, 0.29) is 11.1 Å². The van der Waals surface area contributed by atoms with Gasteiger partial charge < -0.3 is 0 Å². The smallest absolute Gasteiger partial charge is 0.267 e. The van der Waals surface area contributed by atoms with Crippen LogP contribution in [0.1, 0.15) is 0 Å². The van der Waals surface area contributed by atoms with E-state index in [1.807, 2.05) is 35.0 Å². The minimum atomic E-state index is -0.257. The molecule has 7 heteroatoms. The van der Waals surface area contributed by atoms with Crippen molar-refractivity contribution in [1.82, 2.24) is 10.2 Å². The monoisotopic (exact) mass is 332 g/mol. The predicted molar refractivity (Wildman–Crippen MR) is 89.7 cm³/mol. The van der Waals surface area contributed by atoms with Crippen molar-refractivity contribution in [2.24, 2.45) is 0 Å². The largest absolute Gasteiger partial charge is 0.272 e. The fourth-order valence-corrected chi connectivity index (χ4v) is 5.28. The van der Waals surface area contributed by atoms with Crippen LogP contribution in [0.3, 0.4) is 0 Å². The highest BCUT2D eigenvalue weighted by Crippen LogP contribution is 2.43. The average molecular weight is 332 g/mol. The number of fused-ring (bicyclic) bond motifs is 1. The molecule has 0 unspecified atom stereocenters. The first-order valence-corrected chi connectivity index (χ1v) is 8.68. The molecule has 0 aliphatic heterocycles. The zero-order valence-corrected chi connectivity index (χ0v) is 13.0. The van der Waals surface area contributed by atoms with Crippen LogP contribution < -0.4 is 11.1 Å². The van der Waals surface area contributed by atoms with E-state index in [1.54, 1.807) is 22.7 Å². The lowest BCUT2D eigenvalue weighted by Crippen LogP contribution is -2.18. The molecule has 21 heavy (non-hydrogen) atoms. The van der Waals surface area contributed by atoms with Gasteiger partial charge in [0.1, 0.15) is 0 Å². The highest BCUT2D eigenvalue weighted by Gasteiger charge is 2.20. The van der Waals surface area contributed by atoms with Gasteiger partial charge in [-0.25, -0.2) is 0 Å². The standard InChI is InChI=1S/C14H8N2O2S3/c17-13-9-10(14(18)16-15-13)12(8-4-2-6-20-8)21-11(9)7-3-1-5-19-7/h1-6H,(H,15,17)(H,16,18). The Morgan fingerprint density at radius 2 is 1.24 bits per heavy atom. The van der Waals surface area contributed by atoms with E-state index in [1.165, 1.54) is 11.3 Å². The zero-order valence-electron chi connectivity index (χ0n) is 10.5. The molecule has 4 nitrogen and oxygen atoms in total. The van der Waals surface area contributed by atoms with Gasteiger partial charge in [-0.1, -0.05) is 12.1 Å².